The molecule has 1 heterocycles. The number of ether oxygens (including phenoxy) is 2. The van der Waals surface area contributed by atoms with Crippen molar-refractivity contribution in [1.29, 1.82) is 0 Å². The molecule has 0 radical (unpaired) electrons. The molecule has 0 aliphatic carbocycles. The van der Waals surface area contributed by atoms with E-state index in [1.807, 2.05) is 18.2 Å². The molecule has 132 valence electrons. The van der Waals surface area contributed by atoms with Crippen molar-refractivity contribution in [3.63, 3.8) is 0 Å². The lowest BCUT2D eigenvalue weighted by molar-refractivity contribution is -0.143. The molecule has 4 heteroatoms. The smallest absolute Gasteiger partial charge is 0.307 e. The van der Waals surface area contributed by atoms with Crippen LogP contribution in [0.4, 0.5) is 0 Å². The van der Waals surface area contributed by atoms with E-state index < -0.39 is 0 Å². The Morgan fingerprint density at radius 1 is 1.04 bits per heavy atom. The summed E-state index contributed by atoms with van der Waals surface area (Å²) in [5.74, 6) is -0.172. The van der Waals surface area contributed by atoms with Gasteiger partial charge in [0.15, 0.2) is 0 Å². The van der Waals surface area contributed by atoms with E-state index in [4.69, 9.17) is 9.47 Å². The summed E-state index contributed by atoms with van der Waals surface area (Å²) in [6, 6.07) is 18.9. The molecule has 2 aromatic rings. The number of methoxy groups -OCH3 is 1. The van der Waals surface area contributed by atoms with Gasteiger partial charge in [0.2, 0.25) is 0 Å². The lowest BCUT2D eigenvalue weighted by Gasteiger charge is -2.37. The first-order valence-electron chi connectivity index (χ1n) is 8.75. The van der Waals surface area contributed by atoms with Crippen molar-refractivity contribution in [1.82, 2.24) is 5.32 Å². The lowest BCUT2D eigenvalue weighted by Crippen LogP contribution is -2.50. The first kappa shape index (κ1) is 17.6. The van der Waals surface area contributed by atoms with E-state index in [2.05, 4.69) is 41.7 Å². The van der Waals surface area contributed by atoms with E-state index in [9.17, 15) is 4.79 Å². The summed E-state index contributed by atoms with van der Waals surface area (Å²) >= 11 is 0. The number of rotatable bonds is 6. The van der Waals surface area contributed by atoms with Crippen LogP contribution < -0.4 is 5.32 Å². The van der Waals surface area contributed by atoms with E-state index >= 15 is 0 Å². The van der Waals surface area contributed by atoms with Gasteiger partial charge in [0.25, 0.3) is 0 Å². The number of nitrogens with one attached hydrogen (secondary N) is 1. The van der Waals surface area contributed by atoms with E-state index in [0.717, 1.165) is 19.4 Å². The molecule has 1 fully saturated rings. The molecule has 3 rings (SSSR count). The molecule has 4 nitrogen and oxygen atoms in total. The van der Waals surface area contributed by atoms with Gasteiger partial charge in [-0.15, -0.1) is 0 Å². The Morgan fingerprint density at radius 2 is 1.68 bits per heavy atom. The number of hydrogen-bond donors (Lipinski definition) is 1. The van der Waals surface area contributed by atoms with Gasteiger partial charge in [-0.25, -0.2) is 0 Å². The number of hydrogen-bond acceptors (Lipinski definition) is 4. The monoisotopic (exact) mass is 339 g/mol. The van der Waals surface area contributed by atoms with Gasteiger partial charge in [-0.2, -0.15) is 0 Å². The second kappa shape index (κ2) is 8.28. The van der Waals surface area contributed by atoms with Crippen LogP contribution in [0.15, 0.2) is 54.6 Å². The molecule has 1 N–H and O–H groups in total. The van der Waals surface area contributed by atoms with Gasteiger partial charge in [0, 0.05) is 25.3 Å². The predicted molar refractivity (Wildman–Crippen MR) is 98.1 cm³/mol. The molecule has 0 saturated carbocycles. The van der Waals surface area contributed by atoms with Crippen molar-refractivity contribution >= 4 is 5.97 Å². The van der Waals surface area contributed by atoms with Gasteiger partial charge >= 0.3 is 5.97 Å². The predicted octanol–water partition coefficient (Wildman–Crippen LogP) is 3.56. The van der Waals surface area contributed by atoms with Crippen LogP contribution in [0.2, 0.25) is 0 Å². The molecule has 0 aromatic heterocycles. The van der Waals surface area contributed by atoms with Crippen LogP contribution in [-0.4, -0.2) is 31.8 Å². The van der Waals surface area contributed by atoms with Gasteiger partial charge < -0.3 is 14.8 Å². The molecule has 0 bridgehead atoms. The quantitative estimate of drug-likeness (QED) is 0.818. The first-order valence-corrected chi connectivity index (χ1v) is 8.75. The lowest BCUT2D eigenvalue weighted by atomic mass is 9.86. The third kappa shape index (κ3) is 4.68. The summed E-state index contributed by atoms with van der Waals surface area (Å²) in [6.07, 6.45) is 2.03. The standard InChI is InChI=1S/C21H25NO3/c1-24-20(23)15-21(11-13-25-14-12-21)22-16-17-7-9-19(10-8-17)18-5-3-2-4-6-18/h2-10,22H,11-16H2,1H3. The van der Waals surface area contributed by atoms with Gasteiger partial charge in [0.1, 0.15) is 0 Å². The minimum Gasteiger partial charge on any atom is -0.469 e. The average molecular weight is 339 g/mol. The van der Waals surface area contributed by atoms with Gasteiger partial charge in [-0.1, -0.05) is 54.6 Å². The zero-order valence-electron chi connectivity index (χ0n) is 14.7. The fourth-order valence-electron chi connectivity index (χ4n) is 3.26. The van der Waals surface area contributed by atoms with Crippen molar-refractivity contribution in [2.75, 3.05) is 20.3 Å². The number of esters is 1. The zero-order chi connectivity index (χ0) is 17.5. The molecule has 0 spiro atoms. The zero-order valence-corrected chi connectivity index (χ0v) is 14.7. The number of carbonyl (C=O) groups excluding carboxylic acids is 1. The molecule has 25 heavy (non-hydrogen) atoms. The van der Waals surface area contributed by atoms with Crippen LogP contribution in [0.1, 0.15) is 24.8 Å². The Labute approximate surface area is 149 Å². The van der Waals surface area contributed by atoms with Gasteiger partial charge in [-0.05, 0) is 29.5 Å². The molecule has 1 aliphatic heterocycles. The topological polar surface area (TPSA) is 47.6 Å². The van der Waals surface area contributed by atoms with Crippen molar-refractivity contribution in [3.8, 4) is 11.1 Å². The fraction of sp³-hybridized carbons (Fsp3) is 0.381. The molecular weight excluding hydrogens is 314 g/mol. The average Bonchev–Trinajstić information content (AvgIpc) is 2.68. The highest BCUT2D eigenvalue weighted by Gasteiger charge is 2.34. The fourth-order valence-corrected chi connectivity index (χ4v) is 3.26. The van der Waals surface area contributed by atoms with E-state index in [0.29, 0.717) is 19.6 Å². The van der Waals surface area contributed by atoms with Crippen molar-refractivity contribution in [3.05, 3.63) is 60.2 Å². The SMILES string of the molecule is COC(=O)CC1(NCc2ccc(-c3ccccc3)cc2)CCOCC1. The number of benzene rings is 2. The molecule has 0 amide bonds. The minimum atomic E-state index is -0.233. The second-order valence-corrected chi connectivity index (χ2v) is 6.56. The van der Waals surface area contributed by atoms with Crippen LogP contribution in [-0.2, 0) is 20.8 Å². The largest absolute Gasteiger partial charge is 0.469 e. The highest BCUT2D eigenvalue weighted by Crippen LogP contribution is 2.26. The maximum absolute atomic E-state index is 11.8. The van der Waals surface area contributed by atoms with Crippen LogP contribution in [0, 0.1) is 0 Å². The Kier molecular flexibility index (Phi) is 5.84. The Bertz CT molecular complexity index is 676. The van der Waals surface area contributed by atoms with E-state index in [-0.39, 0.29) is 11.5 Å². The number of carbonyl (C=O) groups is 1. The minimum absolute atomic E-state index is 0.172. The molecule has 1 aliphatic rings. The van der Waals surface area contributed by atoms with Crippen LogP contribution in [0.5, 0.6) is 0 Å². The van der Waals surface area contributed by atoms with E-state index in [1.165, 1.54) is 23.8 Å². The second-order valence-electron chi connectivity index (χ2n) is 6.56. The summed E-state index contributed by atoms with van der Waals surface area (Å²) in [6.45, 7) is 2.08. The van der Waals surface area contributed by atoms with E-state index in [1.54, 1.807) is 0 Å². The Morgan fingerprint density at radius 3 is 2.32 bits per heavy atom. The maximum Gasteiger partial charge on any atom is 0.307 e. The molecule has 2 aromatic carbocycles. The van der Waals surface area contributed by atoms with Crippen molar-refractivity contribution < 1.29 is 14.3 Å². The third-order valence-corrected chi connectivity index (χ3v) is 4.89. The van der Waals surface area contributed by atoms with Crippen LogP contribution >= 0.6 is 0 Å². The van der Waals surface area contributed by atoms with Gasteiger partial charge in [-0.3, -0.25) is 4.79 Å². The first-order chi connectivity index (χ1) is 12.2. The highest BCUT2D eigenvalue weighted by atomic mass is 16.5. The maximum atomic E-state index is 11.8. The molecular formula is C21H25NO3. The van der Waals surface area contributed by atoms with Crippen LogP contribution in [0.3, 0.4) is 0 Å². The molecule has 1 saturated heterocycles. The summed E-state index contributed by atoms with van der Waals surface area (Å²) in [4.78, 5) is 11.8. The third-order valence-electron chi connectivity index (χ3n) is 4.89. The highest BCUT2D eigenvalue weighted by molar-refractivity contribution is 5.70. The summed E-state index contributed by atoms with van der Waals surface area (Å²) in [5.41, 5.74) is 3.40. The Balaban J connectivity index is 1.65. The summed E-state index contributed by atoms with van der Waals surface area (Å²) in [5, 5.41) is 3.60. The normalized spacial score (nSPS) is 16.4. The summed E-state index contributed by atoms with van der Waals surface area (Å²) in [7, 11) is 1.44. The Hall–Kier alpha value is -2.17. The van der Waals surface area contributed by atoms with Crippen molar-refractivity contribution in [2.45, 2.75) is 31.3 Å². The molecule has 0 atom stereocenters. The summed E-state index contributed by atoms with van der Waals surface area (Å²) < 4.78 is 10.3. The van der Waals surface area contributed by atoms with Gasteiger partial charge in [0.05, 0.1) is 13.5 Å². The van der Waals surface area contributed by atoms with Crippen molar-refractivity contribution in [2.24, 2.45) is 0 Å². The van der Waals surface area contributed by atoms with Crippen LogP contribution in [0.25, 0.3) is 11.1 Å². The molecule has 0 unspecified atom stereocenters.